The van der Waals surface area contributed by atoms with Crippen LogP contribution in [-0.4, -0.2) is 7.11 Å². The number of halogens is 1. The molecule has 4 heteroatoms. The highest BCUT2D eigenvalue weighted by Crippen LogP contribution is 2.35. The molecule has 0 aliphatic heterocycles. The molecule has 0 spiro atoms. The van der Waals surface area contributed by atoms with Gasteiger partial charge in [-0.3, -0.25) is 0 Å². The van der Waals surface area contributed by atoms with E-state index in [1.807, 2.05) is 49.4 Å². The molecule has 0 amide bonds. The Bertz CT molecular complexity index is 572. The molecule has 1 atom stereocenters. The first-order chi connectivity index (χ1) is 9.10. The minimum atomic E-state index is -0.00614. The Balaban J connectivity index is 2.23. The zero-order valence-corrected chi connectivity index (χ0v) is 12.5. The van der Waals surface area contributed by atoms with Crippen molar-refractivity contribution in [2.45, 2.75) is 22.8 Å². The van der Waals surface area contributed by atoms with E-state index in [1.165, 1.54) is 0 Å². The predicted molar refractivity (Wildman–Crippen MR) is 81.2 cm³/mol. The molecule has 0 bridgehead atoms. The summed E-state index contributed by atoms with van der Waals surface area (Å²) in [5, 5.41) is 0.725. The third kappa shape index (κ3) is 3.66. The fourth-order valence-electron chi connectivity index (χ4n) is 1.67. The highest BCUT2D eigenvalue weighted by atomic mass is 35.5. The standard InChI is InChI=1S/C15H16ClNOS/c1-10(17)11-6-7-15(14(16)8-11)19-13-5-3-4-12(9-13)18-2/h3-10H,17H2,1-2H3. The molecule has 2 rings (SSSR count). The summed E-state index contributed by atoms with van der Waals surface area (Å²) >= 11 is 7.90. The topological polar surface area (TPSA) is 35.2 Å². The molecular weight excluding hydrogens is 278 g/mol. The molecule has 0 aliphatic carbocycles. The zero-order valence-electron chi connectivity index (χ0n) is 10.9. The van der Waals surface area contributed by atoms with Gasteiger partial charge in [-0.25, -0.2) is 0 Å². The second-order valence-electron chi connectivity index (χ2n) is 4.26. The Hall–Kier alpha value is -1.16. The monoisotopic (exact) mass is 293 g/mol. The summed E-state index contributed by atoms with van der Waals surface area (Å²) < 4.78 is 5.21. The fraction of sp³-hybridized carbons (Fsp3) is 0.200. The van der Waals surface area contributed by atoms with Crippen LogP contribution >= 0.6 is 23.4 Å². The third-order valence-corrected chi connectivity index (χ3v) is 4.24. The van der Waals surface area contributed by atoms with Crippen LogP contribution < -0.4 is 10.5 Å². The van der Waals surface area contributed by atoms with Gasteiger partial charge in [0.15, 0.2) is 0 Å². The van der Waals surface area contributed by atoms with Crippen LogP contribution in [0.2, 0.25) is 5.02 Å². The van der Waals surface area contributed by atoms with Crippen molar-refractivity contribution in [2.75, 3.05) is 7.11 Å². The van der Waals surface area contributed by atoms with Crippen molar-refractivity contribution in [3.63, 3.8) is 0 Å². The Morgan fingerprint density at radius 2 is 2.00 bits per heavy atom. The molecule has 19 heavy (non-hydrogen) atoms. The summed E-state index contributed by atoms with van der Waals surface area (Å²) in [5.41, 5.74) is 6.88. The maximum absolute atomic E-state index is 6.29. The number of methoxy groups -OCH3 is 1. The van der Waals surface area contributed by atoms with Gasteiger partial charge in [-0.15, -0.1) is 0 Å². The van der Waals surface area contributed by atoms with Gasteiger partial charge in [-0.2, -0.15) is 0 Å². The second kappa shape index (κ2) is 6.33. The van der Waals surface area contributed by atoms with Gasteiger partial charge in [-0.1, -0.05) is 35.5 Å². The van der Waals surface area contributed by atoms with Crippen LogP contribution in [0, 0.1) is 0 Å². The Morgan fingerprint density at radius 3 is 2.63 bits per heavy atom. The van der Waals surface area contributed by atoms with Crippen LogP contribution in [-0.2, 0) is 0 Å². The van der Waals surface area contributed by atoms with E-state index in [4.69, 9.17) is 22.1 Å². The quantitative estimate of drug-likeness (QED) is 0.900. The van der Waals surface area contributed by atoms with Crippen LogP contribution in [0.4, 0.5) is 0 Å². The van der Waals surface area contributed by atoms with Crippen LogP contribution in [0.5, 0.6) is 5.75 Å². The van der Waals surface area contributed by atoms with Gasteiger partial charge < -0.3 is 10.5 Å². The Labute approximate surface area is 122 Å². The molecule has 0 saturated carbocycles. The molecule has 0 radical (unpaired) electrons. The van der Waals surface area contributed by atoms with E-state index in [0.717, 1.165) is 26.1 Å². The summed E-state index contributed by atoms with van der Waals surface area (Å²) in [5.74, 6) is 0.841. The van der Waals surface area contributed by atoms with Crippen molar-refractivity contribution in [3.8, 4) is 5.75 Å². The van der Waals surface area contributed by atoms with E-state index in [1.54, 1.807) is 18.9 Å². The fourth-order valence-corrected chi connectivity index (χ4v) is 2.85. The molecule has 2 nitrogen and oxygen atoms in total. The van der Waals surface area contributed by atoms with Gasteiger partial charge in [0.05, 0.1) is 12.1 Å². The average Bonchev–Trinajstić information content (AvgIpc) is 2.41. The van der Waals surface area contributed by atoms with Gasteiger partial charge >= 0.3 is 0 Å². The molecule has 2 aromatic rings. The minimum absolute atomic E-state index is 0.00614. The average molecular weight is 294 g/mol. The number of hydrogen-bond acceptors (Lipinski definition) is 3. The van der Waals surface area contributed by atoms with E-state index in [9.17, 15) is 0 Å². The van der Waals surface area contributed by atoms with Crippen molar-refractivity contribution < 1.29 is 4.74 Å². The normalized spacial score (nSPS) is 12.2. The molecule has 2 N–H and O–H groups in total. The van der Waals surface area contributed by atoms with Crippen LogP contribution in [0.25, 0.3) is 0 Å². The lowest BCUT2D eigenvalue weighted by Gasteiger charge is -2.10. The zero-order chi connectivity index (χ0) is 13.8. The van der Waals surface area contributed by atoms with Crippen molar-refractivity contribution in [3.05, 3.63) is 53.1 Å². The van der Waals surface area contributed by atoms with Gasteiger partial charge in [0.2, 0.25) is 0 Å². The maximum atomic E-state index is 6.29. The molecule has 0 saturated heterocycles. The van der Waals surface area contributed by atoms with E-state index >= 15 is 0 Å². The van der Waals surface area contributed by atoms with E-state index in [-0.39, 0.29) is 6.04 Å². The van der Waals surface area contributed by atoms with Gasteiger partial charge in [0.1, 0.15) is 5.75 Å². The number of ether oxygens (including phenoxy) is 1. The lowest BCUT2D eigenvalue weighted by molar-refractivity contribution is 0.413. The molecule has 1 unspecified atom stereocenters. The highest BCUT2D eigenvalue weighted by Gasteiger charge is 2.07. The van der Waals surface area contributed by atoms with Crippen molar-refractivity contribution in [1.29, 1.82) is 0 Å². The van der Waals surface area contributed by atoms with Crippen molar-refractivity contribution in [1.82, 2.24) is 0 Å². The van der Waals surface area contributed by atoms with Gasteiger partial charge in [0.25, 0.3) is 0 Å². The first-order valence-electron chi connectivity index (χ1n) is 5.97. The van der Waals surface area contributed by atoms with Crippen LogP contribution in [0.1, 0.15) is 18.5 Å². The van der Waals surface area contributed by atoms with Crippen LogP contribution in [0.15, 0.2) is 52.3 Å². The lowest BCUT2D eigenvalue weighted by atomic mass is 10.1. The highest BCUT2D eigenvalue weighted by molar-refractivity contribution is 7.99. The predicted octanol–water partition coefficient (Wildman–Crippen LogP) is 4.52. The van der Waals surface area contributed by atoms with E-state index in [0.29, 0.717) is 0 Å². The van der Waals surface area contributed by atoms with Crippen molar-refractivity contribution >= 4 is 23.4 Å². The smallest absolute Gasteiger partial charge is 0.119 e. The largest absolute Gasteiger partial charge is 0.497 e. The first-order valence-corrected chi connectivity index (χ1v) is 7.16. The molecular formula is C15H16ClNOS. The first kappa shape index (κ1) is 14.3. The number of nitrogens with two attached hydrogens (primary N) is 1. The summed E-state index contributed by atoms with van der Waals surface area (Å²) in [4.78, 5) is 2.11. The minimum Gasteiger partial charge on any atom is -0.497 e. The van der Waals surface area contributed by atoms with Gasteiger partial charge in [-0.05, 0) is 42.8 Å². The molecule has 0 fully saturated rings. The molecule has 2 aromatic carbocycles. The summed E-state index contributed by atoms with van der Waals surface area (Å²) in [6.45, 7) is 1.94. The summed E-state index contributed by atoms with van der Waals surface area (Å²) in [6.07, 6.45) is 0. The molecule has 100 valence electrons. The lowest BCUT2D eigenvalue weighted by Crippen LogP contribution is -2.04. The Kier molecular flexibility index (Phi) is 4.75. The van der Waals surface area contributed by atoms with E-state index in [2.05, 4.69) is 0 Å². The van der Waals surface area contributed by atoms with E-state index < -0.39 is 0 Å². The Morgan fingerprint density at radius 1 is 1.21 bits per heavy atom. The maximum Gasteiger partial charge on any atom is 0.119 e. The number of hydrogen-bond donors (Lipinski definition) is 1. The number of benzene rings is 2. The van der Waals surface area contributed by atoms with Crippen molar-refractivity contribution in [2.24, 2.45) is 5.73 Å². The second-order valence-corrected chi connectivity index (χ2v) is 5.78. The summed E-state index contributed by atoms with van der Waals surface area (Å²) in [7, 11) is 1.66. The van der Waals surface area contributed by atoms with Gasteiger partial charge in [0, 0.05) is 15.8 Å². The third-order valence-electron chi connectivity index (χ3n) is 2.75. The summed E-state index contributed by atoms with van der Waals surface area (Å²) in [6, 6.07) is 13.8. The SMILES string of the molecule is COc1cccc(Sc2ccc(C(C)N)cc2Cl)c1. The molecule has 0 heterocycles. The number of rotatable bonds is 4. The molecule has 0 aromatic heterocycles. The molecule has 0 aliphatic rings. The van der Waals surface area contributed by atoms with Crippen LogP contribution in [0.3, 0.4) is 0 Å².